The van der Waals surface area contributed by atoms with Crippen LogP contribution in [-0.4, -0.2) is 25.7 Å². The molecular weight excluding hydrogens is 374 g/mol. The maximum Gasteiger partial charge on any atom is 0.237 e. The summed E-state index contributed by atoms with van der Waals surface area (Å²) in [5.74, 6) is 0.528. The number of benzene rings is 3. The molecule has 6 heteroatoms. The van der Waals surface area contributed by atoms with E-state index in [1.54, 1.807) is 16.9 Å². The largest absolute Gasteiger partial charge is 0.322 e. The van der Waals surface area contributed by atoms with Gasteiger partial charge in [0.2, 0.25) is 11.9 Å². The van der Waals surface area contributed by atoms with Gasteiger partial charge in [-0.1, -0.05) is 72.8 Å². The van der Waals surface area contributed by atoms with Crippen molar-refractivity contribution in [2.75, 3.05) is 5.32 Å². The summed E-state index contributed by atoms with van der Waals surface area (Å²) in [5, 5.41) is 7.38. The minimum absolute atomic E-state index is 0.134. The molecule has 0 radical (unpaired) electrons. The lowest BCUT2D eigenvalue weighted by Crippen LogP contribution is -2.23. The Labute approximate surface area is 173 Å². The third-order valence-corrected chi connectivity index (χ3v) is 5.00. The van der Waals surface area contributed by atoms with Gasteiger partial charge in [-0.05, 0) is 23.3 Å². The number of hydrogen-bond donors (Lipinski definition) is 2. The highest BCUT2D eigenvalue weighted by Crippen LogP contribution is 2.27. The first-order chi connectivity index (χ1) is 14.8. The van der Waals surface area contributed by atoms with Gasteiger partial charge in [0.25, 0.3) is 0 Å². The fraction of sp³-hybridized carbons (Fsp3) is 0.0417. The van der Waals surface area contributed by atoms with Gasteiger partial charge in [0, 0.05) is 6.07 Å². The molecule has 5 aromatic rings. The number of aromatic nitrogens is 4. The van der Waals surface area contributed by atoms with Crippen molar-refractivity contribution >= 4 is 22.8 Å². The Morgan fingerprint density at radius 3 is 2.13 bits per heavy atom. The van der Waals surface area contributed by atoms with Crippen molar-refractivity contribution in [1.29, 1.82) is 0 Å². The molecular formula is C24H19N5O. The van der Waals surface area contributed by atoms with Crippen LogP contribution in [0.25, 0.3) is 17.0 Å². The molecule has 0 bridgehead atoms. The van der Waals surface area contributed by atoms with E-state index in [9.17, 15) is 4.79 Å². The summed E-state index contributed by atoms with van der Waals surface area (Å²) >= 11 is 0. The summed E-state index contributed by atoms with van der Waals surface area (Å²) in [6.45, 7) is 0. The monoisotopic (exact) mass is 393 g/mol. The number of nitrogens with zero attached hydrogens (tertiary/aromatic N) is 3. The maximum absolute atomic E-state index is 13.4. The van der Waals surface area contributed by atoms with E-state index in [1.807, 2.05) is 84.9 Å². The van der Waals surface area contributed by atoms with Gasteiger partial charge in [-0.15, -0.1) is 0 Å². The van der Waals surface area contributed by atoms with E-state index in [1.165, 1.54) is 0 Å². The molecule has 0 unspecified atom stereocenters. The van der Waals surface area contributed by atoms with Crippen LogP contribution >= 0.6 is 0 Å². The predicted octanol–water partition coefficient (Wildman–Crippen LogP) is 4.52. The number of para-hydroxylation sites is 2. The number of fused-ring (bicyclic) bond motifs is 1. The molecule has 1 amide bonds. The van der Waals surface area contributed by atoms with Gasteiger partial charge in [-0.25, -0.2) is 4.98 Å². The van der Waals surface area contributed by atoms with Gasteiger partial charge in [-0.3, -0.25) is 4.79 Å². The minimum Gasteiger partial charge on any atom is -0.322 e. The van der Waals surface area contributed by atoms with Crippen LogP contribution in [0, 0.1) is 0 Å². The molecule has 2 aromatic heterocycles. The summed E-state index contributed by atoms with van der Waals surface area (Å²) in [6, 6.07) is 29.0. The fourth-order valence-corrected chi connectivity index (χ4v) is 3.59. The van der Waals surface area contributed by atoms with Crippen LogP contribution in [0.3, 0.4) is 0 Å². The Morgan fingerprint density at radius 1 is 0.833 bits per heavy atom. The van der Waals surface area contributed by atoms with E-state index in [4.69, 9.17) is 0 Å². The van der Waals surface area contributed by atoms with Crippen LogP contribution in [0.5, 0.6) is 0 Å². The minimum atomic E-state index is -0.438. The zero-order valence-corrected chi connectivity index (χ0v) is 16.1. The zero-order chi connectivity index (χ0) is 20.3. The van der Waals surface area contributed by atoms with Gasteiger partial charge in [0.15, 0.2) is 0 Å². The number of hydrogen-bond acceptors (Lipinski definition) is 3. The maximum atomic E-state index is 13.4. The number of H-pyrrole nitrogens is 1. The first kappa shape index (κ1) is 17.9. The van der Waals surface area contributed by atoms with Crippen LogP contribution < -0.4 is 5.32 Å². The molecule has 0 atom stereocenters. The molecule has 2 N–H and O–H groups in total. The lowest BCUT2D eigenvalue weighted by atomic mass is 9.90. The van der Waals surface area contributed by atoms with Crippen LogP contribution in [0.15, 0.2) is 97.2 Å². The first-order valence-corrected chi connectivity index (χ1v) is 9.69. The number of nitrogens with one attached hydrogen (secondary N) is 2. The van der Waals surface area contributed by atoms with E-state index in [2.05, 4.69) is 20.4 Å². The lowest BCUT2D eigenvalue weighted by molar-refractivity contribution is -0.116. The van der Waals surface area contributed by atoms with Crippen molar-refractivity contribution in [3.8, 4) is 5.95 Å². The summed E-state index contributed by atoms with van der Waals surface area (Å²) < 4.78 is 1.60. The molecule has 6 nitrogen and oxygen atoms in total. The van der Waals surface area contributed by atoms with E-state index in [0.717, 1.165) is 22.2 Å². The second-order valence-corrected chi connectivity index (χ2v) is 6.95. The summed E-state index contributed by atoms with van der Waals surface area (Å²) in [6.07, 6.45) is 1.64. The highest BCUT2D eigenvalue weighted by molar-refractivity contribution is 5.97. The summed E-state index contributed by atoms with van der Waals surface area (Å²) in [7, 11) is 0. The van der Waals surface area contributed by atoms with Crippen molar-refractivity contribution in [3.05, 3.63) is 108 Å². The van der Waals surface area contributed by atoms with Crippen molar-refractivity contribution in [1.82, 2.24) is 19.7 Å². The molecule has 0 fully saturated rings. The summed E-state index contributed by atoms with van der Waals surface area (Å²) in [4.78, 5) is 21.2. The van der Waals surface area contributed by atoms with E-state index < -0.39 is 5.92 Å². The molecule has 2 heterocycles. The Balaban J connectivity index is 1.49. The third-order valence-electron chi connectivity index (χ3n) is 5.00. The smallest absolute Gasteiger partial charge is 0.237 e. The average Bonchev–Trinajstić information content (AvgIpc) is 3.42. The Bertz CT molecular complexity index is 1220. The highest BCUT2D eigenvalue weighted by Gasteiger charge is 2.24. The van der Waals surface area contributed by atoms with Crippen LogP contribution in [-0.2, 0) is 4.79 Å². The van der Waals surface area contributed by atoms with Gasteiger partial charge in [-0.2, -0.15) is 9.78 Å². The second kappa shape index (κ2) is 7.67. The number of amides is 1. The highest BCUT2D eigenvalue weighted by atomic mass is 16.2. The van der Waals surface area contributed by atoms with E-state index in [-0.39, 0.29) is 5.91 Å². The van der Waals surface area contributed by atoms with E-state index >= 15 is 0 Å². The zero-order valence-electron chi connectivity index (χ0n) is 16.1. The number of anilines is 1. The first-order valence-electron chi connectivity index (χ1n) is 9.69. The Kier molecular flexibility index (Phi) is 4.57. The van der Waals surface area contributed by atoms with Crippen molar-refractivity contribution in [2.45, 2.75) is 5.92 Å². The predicted molar refractivity (Wildman–Crippen MR) is 117 cm³/mol. The second-order valence-electron chi connectivity index (χ2n) is 6.95. The standard InChI is InChI=1S/C24H19N5O/c30-23(22(17-9-3-1-4-10-17)18-11-5-2-6-12-18)28-21-15-16-25-29(21)24-26-19-13-7-8-14-20(19)27-24/h1-16,22H,(H,26,27)(H,28,30). The third kappa shape index (κ3) is 3.35. The van der Waals surface area contributed by atoms with Crippen molar-refractivity contribution < 1.29 is 4.79 Å². The van der Waals surface area contributed by atoms with E-state index in [0.29, 0.717) is 11.8 Å². The van der Waals surface area contributed by atoms with Gasteiger partial charge in [0.1, 0.15) is 5.82 Å². The lowest BCUT2D eigenvalue weighted by Gasteiger charge is -2.18. The Morgan fingerprint density at radius 2 is 1.47 bits per heavy atom. The molecule has 30 heavy (non-hydrogen) atoms. The topological polar surface area (TPSA) is 75.6 Å². The normalized spacial score (nSPS) is 11.1. The van der Waals surface area contributed by atoms with Crippen LogP contribution in [0.4, 0.5) is 5.82 Å². The number of aromatic amines is 1. The van der Waals surface area contributed by atoms with Gasteiger partial charge < -0.3 is 10.3 Å². The van der Waals surface area contributed by atoms with Crippen molar-refractivity contribution in [2.24, 2.45) is 0 Å². The molecule has 0 aliphatic heterocycles. The molecule has 0 spiro atoms. The molecule has 0 saturated heterocycles. The van der Waals surface area contributed by atoms with Crippen LogP contribution in [0.1, 0.15) is 17.0 Å². The van der Waals surface area contributed by atoms with Gasteiger partial charge in [0.05, 0.1) is 23.1 Å². The molecule has 0 aliphatic carbocycles. The number of carbonyl (C=O) groups is 1. The number of rotatable bonds is 5. The van der Waals surface area contributed by atoms with Crippen LogP contribution in [0.2, 0.25) is 0 Å². The molecule has 5 rings (SSSR count). The fourth-order valence-electron chi connectivity index (χ4n) is 3.59. The Hall–Kier alpha value is -4.19. The molecule has 0 aliphatic rings. The number of carbonyl (C=O) groups excluding carboxylic acids is 1. The van der Waals surface area contributed by atoms with Gasteiger partial charge >= 0.3 is 0 Å². The summed E-state index contributed by atoms with van der Waals surface area (Å²) in [5.41, 5.74) is 3.60. The molecule has 146 valence electrons. The quantitative estimate of drug-likeness (QED) is 0.461. The SMILES string of the molecule is O=C(Nc1ccnn1-c1nc2ccccc2[nH]1)C(c1ccccc1)c1ccccc1. The molecule has 3 aromatic carbocycles. The average molecular weight is 393 g/mol. The number of imidazole rings is 1. The van der Waals surface area contributed by atoms with Crippen molar-refractivity contribution in [3.63, 3.8) is 0 Å². The molecule has 0 saturated carbocycles.